The number of anilines is 1. The fourth-order valence-corrected chi connectivity index (χ4v) is 5.09. The van der Waals surface area contributed by atoms with Crippen molar-refractivity contribution < 1.29 is 18.8 Å². The van der Waals surface area contributed by atoms with Gasteiger partial charge in [0.1, 0.15) is 0 Å². The molecule has 2 aliphatic rings. The van der Waals surface area contributed by atoms with E-state index in [1.165, 1.54) is 5.69 Å². The molecule has 2 saturated heterocycles. The predicted molar refractivity (Wildman–Crippen MR) is 136 cm³/mol. The lowest BCUT2D eigenvalue weighted by molar-refractivity contribution is -0.137. The zero-order chi connectivity index (χ0) is 24.9. The number of methoxy groups -OCH3 is 2. The van der Waals surface area contributed by atoms with E-state index in [2.05, 4.69) is 44.2 Å². The quantitative estimate of drug-likeness (QED) is 0.498. The minimum atomic E-state index is 0.00951. The Morgan fingerprint density at radius 1 is 1.00 bits per heavy atom. The number of piperidine rings is 1. The molecule has 36 heavy (non-hydrogen) atoms. The molecule has 2 aliphatic heterocycles. The Bertz CT molecular complexity index is 1160. The molecule has 9 heteroatoms. The van der Waals surface area contributed by atoms with Crippen LogP contribution in [0.4, 0.5) is 5.69 Å². The lowest BCUT2D eigenvalue weighted by atomic mass is 9.96. The number of carbonyl (C=O) groups excluding carboxylic acids is 1. The highest BCUT2D eigenvalue weighted by molar-refractivity contribution is 5.79. The molecule has 0 aliphatic carbocycles. The van der Waals surface area contributed by atoms with Crippen molar-refractivity contribution in [2.24, 2.45) is 5.92 Å². The first kappa shape index (κ1) is 24.1. The standard InChI is InChI=1S/C27H33N5O4/c1-34-23-11-10-20(17-24(23)35-2)26-28-25(36-29-26)19-30-12-6-7-21(18-30)27(33)32-15-13-31(14-16-32)22-8-4-3-5-9-22/h3-5,8-11,17,21H,6-7,12-16,18-19H2,1-2H3. The van der Waals surface area contributed by atoms with Gasteiger partial charge in [0.25, 0.3) is 0 Å². The maximum atomic E-state index is 13.3. The van der Waals surface area contributed by atoms with Crippen molar-refractivity contribution in [2.45, 2.75) is 19.4 Å². The molecule has 0 radical (unpaired) electrons. The molecule has 5 rings (SSSR count). The fourth-order valence-electron chi connectivity index (χ4n) is 5.09. The zero-order valence-electron chi connectivity index (χ0n) is 20.9. The molecule has 0 N–H and O–H groups in total. The minimum Gasteiger partial charge on any atom is -0.493 e. The molecule has 0 saturated carbocycles. The van der Waals surface area contributed by atoms with Crippen molar-refractivity contribution in [3.8, 4) is 22.9 Å². The predicted octanol–water partition coefficient (Wildman–Crippen LogP) is 3.31. The summed E-state index contributed by atoms with van der Waals surface area (Å²) in [6.07, 6.45) is 1.91. The highest BCUT2D eigenvalue weighted by Gasteiger charge is 2.31. The number of likely N-dealkylation sites (tertiary alicyclic amines) is 1. The lowest BCUT2D eigenvalue weighted by Gasteiger charge is -2.39. The van der Waals surface area contributed by atoms with Crippen LogP contribution in [0.3, 0.4) is 0 Å². The summed E-state index contributed by atoms with van der Waals surface area (Å²) in [7, 11) is 3.20. The van der Waals surface area contributed by atoms with Gasteiger partial charge in [0.2, 0.25) is 17.6 Å². The van der Waals surface area contributed by atoms with Crippen LogP contribution in [-0.2, 0) is 11.3 Å². The maximum absolute atomic E-state index is 13.3. The van der Waals surface area contributed by atoms with E-state index in [-0.39, 0.29) is 11.8 Å². The third-order valence-electron chi connectivity index (χ3n) is 7.04. The average molecular weight is 492 g/mol. The first-order valence-electron chi connectivity index (χ1n) is 12.5. The summed E-state index contributed by atoms with van der Waals surface area (Å²) in [4.78, 5) is 24.5. The van der Waals surface area contributed by atoms with Crippen LogP contribution in [0.5, 0.6) is 11.5 Å². The first-order valence-corrected chi connectivity index (χ1v) is 12.5. The van der Waals surface area contributed by atoms with Gasteiger partial charge in [-0.15, -0.1) is 0 Å². The summed E-state index contributed by atoms with van der Waals surface area (Å²) in [6, 6.07) is 15.9. The molecule has 1 atom stereocenters. The van der Waals surface area contributed by atoms with E-state index in [1.54, 1.807) is 14.2 Å². The summed E-state index contributed by atoms with van der Waals surface area (Å²) in [5.74, 6) is 2.59. The van der Waals surface area contributed by atoms with Gasteiger partial charge in [0.05, 0.1) is 26.7 Å². The number of hydrogen-bond acceptors (Lipinski definition) is 8. The van der Waals surface area contributed by atoms with E-state index in [1.807, 2.05) is 29.2 Å². The molecular formula is C27H33N5O4. The van der Waals surface area contributed by atoms with Crippen LogP contribution in [-0.4, -0.2) is 79.3 Å². The molecule has 0 spiro atoms. The second kappa shape index (κ2) is 11.0. The number of nitrogens with zero attached hydrogens (tertiary/aromatic N) is 5. The number of hydrogen-bond donors (Lipinski definition) is 0. The van der Waals surface area contributed by atoms with Gasteiger partial charge in [-0.05, 0) is 49.7 Å². The number of rotatable bonds is 7. The Morgan fingerprint density at radius 3 is 2.53 bits per heavy atom. The number of piperazine rings is 1. The van der Waals surface area contributed by atoms with E-state index < -0.39 is 0 Å². The molecular weight excluding hydrogens is 458 g/mol. The molecule has 2 fully saturated rings. The van der Waals surface area contributed by atoms with Crippen molar-refractivity contribution in [2.75, 3.05) is 58.4 Å². The number of benzene rings is 2. The Balaban J connectivity index is 1.16. The molecule has 2 aromatic carbocycles. The van der Waals surface area contributed by atoms with Gasteiger partial charge < -0.3 is 23.8 Å². The summed E-state index contributed by atoms with van der Waals surface area (Å²) >= 11 is 0. The summed E-state index contributed by atoms with van der Waals surface area (Å²) in [5.41, 5.74) is 2.02. The second-order valence-corrected chi connectivity index (χ2v) is 9.30. The van der Waals surface area contributed by atoms with Gasteiger partial charge in [-0.25, -0.2) is 0 Å². The highest BCUT2D eigenvalue weighted by Crippen LogP contribution is 2.31. The fraction of sp³-hybridized carbons (Fsp3) is 0.444. The number of aromatic nitrogens is 2. The van der Waals surface area contributed by atoms with Crippen molar-refractivity contribution in [3.05, 3.63) is 54.4 Å². The molecule has 1 aromatic heterocycles. The van der Waals surface area contributed by atoms with Gasteiger partial charge in [-0.2, -0.15) is 4.98 Å². The Labute approximate surface area is 211 Å². The summed E-state index contributed by atoms with van der Waals surface area (Å²) in [5, 5.41) is 4.15. The van der Waals surface area contributed by atoms with E-state index in [0.29, 0.717) is 36.3 Å². The Morgan fingerprint density at radius 2 is 1.78 bits per heavy atom. The summed E-state index contributed by atoms with van der Waals surface area (Å²) < 4.78 is 16.2. The molecule has 3 heterocycles. The molecule has 9 nitrogen and oxygen atoms in total. The van der Waals surface area contributed by atoms with Crippen LogP contribution < -0.4 is 14.4 Å². The van der Waals surface area contributed by atoms with Crippen LogP contribution in [0.1, 0.15) is 18.7 Å². The van der Waals surface area contributed by atoms with Gasteiger partial charge in [-0.3, -0.25) is 9.69 Å². The normalized spacial score (nSPS) is 18.8. The number of amides is 1. The van der Waals surface area contributed by atoms with Gasteiger partial charge >= 0.3 is 0 Å². The highest BCUT2D eigenvalue weighted by atomic mass is 16.5. The van der Waals surface area contributed by atoms with Crippen LogP contribution >= 0.6 is 0 Å². The first-order chi connectivity index (χ1) is 17.6. The Kier molecular flexibility index (Phi) is 7.36. The molecule has 1 amide bonds. The van der Waals surface area contributed by atoms with Gasteiger partial charge in [0, 0.05) is 44.0 Å². The van der Waals surface area contributed by atoms with E-state index in [9.17, 15) is 4.79 Å². The monoisotopic (exact) mass is 491 g/mol. The van der Waals surface area contributed by atoms with Crippen molar-refractivity contribution in [1.29, 1.82) is 0 Å². The van der Waals surface area contributed by atoms with Gasteiger partial charge in [0.15, 0.2) is 11.5 Å². The molecule has 3 aromatic rings. The molecule has 0 bridgehead atoms. The molecule has 1 unspecified atom stereocenters. The van der Waals surface area contributed by atoms with E-state index >= 15 is 0 Å². The van der Waals surface area contributed by atoms with Crippen LogP contribution in [0.15, 0.2) is 53.1 Å². The SMILES string of the molecule is COc1ccc(-c2noc(CN3CCCC(C(=O)N4CCN(c5ccccc5)CC4)C3)n2)cc1OC. The Hall–Kier alpha value is -3.59. The van der Waals surface area contributed by atoms with Crippen molar-refractivity contribution >= 4 is 11.6 Å². The van der Waals surface area contributed by atoms with Crippen LogP contribution in [0.25, 0.3) is 11.4 Å². The topological polar surface area (TPSA) is 84.2 Å². The third-order valence-corrected chi connectivity index (χ3v) is 7.04. The number of para-hydroxylation sites is 1. The van der Waals surface area contributed by atoms with E-state index in [4.69, 9.17) is 14.0 Å². The summed E-state index contributed by atoms with van der Waals surface area (Å²) in [6.45, 7) is 5.43. The maximum Gasteiger partial charge on any atom is 0.241 e. The van der Waals surface area contributed by atoms with Crippen LogP contribution in [0.2, 0.25) is 0 Å². The largest absolute Gasteiger partial charge is 0.493 e. The van der Waals surface area contributed by atoms with Gasteiger partial charge in [-0.1, -0.05) is 23.4 Å². The van der Waals surface area contributed by atoms with Crippen molar-refractivity contribution in [3.63, 3.8) is 0 Å². The smallest absolute Gasteiger partial charge is 0.241 e. The number of ether oxygens (including phenoxy) is 2. The van der Waals surface area contributed by atoms with Crippen LogP contribution in [0, 0.1) is 5.92 Å². The molecule has 190 valence electrons. The lowest BCUT2D eigenvalue weighted by Crippen LogP contribution is -2.52. The second-order valence-electron chi connectivity index (χ2n) is 9.30. The average Bonchev–Trinajstić information content (AvgIpc) is 3.41. The zero-order valence-corrected chi connectivity index (χ0v) is 20.9. The van der Waals surface area contributed by atoms with E-state index in [0.717, 1.165) is 51.1 Å². The number of carbonyl (C=O) groups is 1. The van der Waals surface area contributed by atoms with Crippen molar-refractivity contribution in [1.82, 2.24) is 19.9 Å². The minimum absolute atomic E-state index is 0.00951. The third kappa shape index (κ3) is 5.31.